The van der Waals surface area contributed by atoms with Gasteiger partial charge in [-0.1, -0.05) is 31.5 Å². The molecule has 8 heteroatoms. The molecule has 0 saturated heterocycles. The van der Waals surface area contributed by atoms with Crippen LogP contribution in [0.3, 0.4) is 0 Å². The fourth-order valence-corrected chi connectivity index (χ4v) is 3.55. The highest BCUT2D eigenvalue weighted by molar-refractivity contribution is 6.30. The van der Waals surface area contributed by atoms with Gasteiger partial charge in [-0.05, 0) is 61.2 Å². The van der Waals surface area contributed by atoms with E-state index in [1.54, 1.807) is 50.2 Å². The Morgan fingerprint density at radius 2 is 1.97 bits per heavy atom. The zero-order valence-electron chi connectivity index (χ0n) is 19.3. The molecule has 0 saturated carbocycles. The molecule has 2 rings (SSSR count). The maximum atomic E-state index is 12.6. The zero-order chi connectivity index (χ0) is 24.7. The summed E-state index contributed by atoms with van der Waals surface area (Å²) in [5.41, 5.74) is 8.47. The van der Waals surface area contributed by atoms with E-state index in [1.807, 2.05) is 13.8 Å². The molecule has 7 nitrogen and oxygen atoms in total. The lowest BCUT2D eigenvalue weighted by Gasteiger charge is -2.23. The van der Waals surface area contributed by atoms with Gasteiger partial charge in [0.05, 0.1) is 31.1 Å². The van der Waals surface area contributed by atoms with Crippen LogP contribution in [0.15, 0.2) is 52.7 Å². The maximum absolute atomic E-state index is 12.6. The Hall–Kier alpha value is -3.34. The number of carbonyl (C=O) groups is 1. The lowest BCUT2D eigenvalue weighted by molar-refractivity contribution is -0.138. The predicted octanol–water partition coefficient (Wildman–Crippen LogP) is 4.77. The van der Waals surface area contributed by atoms with Gasteiger partial charge in [0.2, 0.25) is 0 Å². The zero-order valence-corrected chi connectivity index (χ0v) is 20.1. The number of nitrogens with zero attached hydrogens (tertiary/aromatic N) is 2. The van der Waals surface area contributed by atoms with Gasteiger partial charge in [-0.25, -0.2) is 9.79 Å². The molecule has 0 fully saturated rings. The van der Waals surface area contributed by atoms with E-state index in [4.69, 9.17) is 31.8 Å². The molecule has 0 aliphatic carbocycles. The molecule has 0 aromatic heterocycles. The fraction of sp³-hybridized carbons (Fsp3) is 0.320. The van der Waals surface area contributed by atoms with Gasteiger partial charge in [-0.15, -0.1) is 0 Å². The second-order valence-corrected chi connectivity index (χ2v) is 8.04. The van der Waals surface area contributed by atoms with Crippen LogP contribution in [0, 0.1) is 24.2 Å². The topological polar surface area (TPSA) is 118 Å². The molecule has 0 aliphatic rings. The Morgan fingerprint density at radius 3 is 2.52 bits per heavy atom. The number of carbonyl (C=O) groups excluding carboxylic acids is 1. The molecule has 3 N–H and O–H groups in total. The van der Waals surface area contributed by atoms with E-state index in [1.165, 1.54) is 7.11 Å². The molecule has 0 heterocycles. The molecule has 0 radical (unpaired) electrons. The summed E-state index contributed by atoms with van der Waals surface area (Å²) in [5, 5.41) is 21.2. The third-order valence-electron chi connectivity index (χ3n) is 4.96. The van der Waals surface area contributed by atoms with Crippen LogP contribution >= 0.6 is 11.6 Å². The summed E-state index contributed by atoms with van der Waals surface area (Å²) in [6.07, 6.45) is -1.28. The van der Waals surface area contributed by atoms with Crippen LogP contribution in [-0.2, 0) is 9.53 Å². The molecular formula is C25H28ClN3O4. The first kappa shape index (κ1) is 25.9. The van der Waals surface area contributed by atoms with E-state index in [0.29, 0.717) is 33.3 Å². The molecule has 33 heavy (non-hydrogen) atoms. The van der Waals surface area contributed by atoms with Gasteiger partial charge in [0, 0.05) is 10.6 Å². The van der Waals surface area contributed by atoms with Crippen molar-refractivity contribution in [3.05, 3.63) is 69.4 Å². The first-order valence-corrected chi connectivity index (χ1v) is 10.8. The normalized spacial score (nSPS) is 13.2. The van der Waals surface area contributed by atoms with Crippen molar-refractivity contribution >= 4 is 29.0 Å². The highest BCUT2D eigenvalue weighted by atomic mass is 35.5. The number of aliphatic hydroxyl groups excluding tert-OH is 1. The van der Waals surface area contributed by atoms with Crippen LogP contribution in [0.2, 0.25) is 5.02 Å². The lowest BCUT2D eigenvalue weighted by Crippen LogP contribution is -2.27. The van der Waals surface area contributed by atoms with Crippen molar-refractivity contribution in [3.8, 4) is 11.8 Å². The van der Waals surface area contributed by atoms with E-state index >= 15 is 0 Å². The highest BCUT2D eigenvalue weighted by Crippen LogP contribution is 2.34. The van der Waals surface area contributed by atoms with Crippen molar-refractivity contribution in [3.63, 3.8) is 0 Å². The van der Waals surface area contributed by atoms with E-state index in [2.05, 4.69) is 6.07 Å². The smallest absolute Gasteiger partial charge is 0.354 e. The molecule has 0 amide bonds. The molecule has 0 aliphatic heterocycles. The number of methoxy groups -OCH3 is 1. The largest absolute Gasteiger partial charge is 0.494 e. The molecule has 1 unspecified atom stereocenters. The standard InChI is InChI=1S/C25H28ClN3O4/c1-6-33-25(31)22(28)21(24(30)18-9-8-17(26)11-15(18)4)23(14(2)3)29-19-12-16(13-27)7-10-20(19)32-5/h7-12,14,24,30H,6,28H2,1-5H3. The van der Waals surface area contributed by atoms with Crippen LogP contribution in [0.5, 0.6) is 5.75 Å². The fourth-order valence-electron chi connectivity index (χ4n) is 3.32. The Balaban J connectivity index is 2.82. The van der Waals surface area contributed by atoms with Crippen LogP contribution in [-0.4, -0.2) is 30.5 Å². The quantitative estimate of drug-likeness (QED) is 0.326. The molecule has 174 valence electrons. The number of hydrogen-bond donors (Lipinski definition) is 2. The average Bonchev–Trinajstić information content (AvgIpc) is 2.78. The number of hydrogen-bond acceptors (Lipinski definition) is 7. The number of aliphatic imine (C=N–C) groups is 1. The van der Waals surface area contributed by atoms with Gasteiger partial charge in [0.1, 0.15) is 23.2 Å². The van der Waals surface area contributed by atoms with Crippen molar-refractivity contribution in [2.24, 2.45) is 16.6 Å². The SMILES string of the molecule is CCOC(=O)C(N)=C(C(=Nc1cc(C#N)ccc1OC)C(C)C)C(O)c1ccc(Cl)cc1C. The predicted molar refractivity (Wildman–Crippen MR) is 129 cm³/mol. The van der Waals surface area contributed by atoms with Crippen molar-refractivity contribution in [1.82, 2.24) is 0 Å². The maximum Gasteiger partial charge on any atom is 0.354 e. The van der Waals surface area contributed by atoms with Crippen molar-refractivity contribution in [1.29, 1.82) is 5.26 Å². The first-order chi connectivity index (χ1) is 15.6. The Kier molecular flexibility index (Phi) is 9.03. The molecule has 2 aromatic rings. The summed E-state index contributed by atoms with van der Waals surface area (Å²) in [5.74, 6) is -0.590. The second-order valence-electron chi connectivity index (χ2n) is 7.60. The van der Waals surface area contributed by atoms with Gasteiger partial charge in [0.25, 0.3) is 0 Å². The molecule has 0 bridgehead atoms. The minimum Gasteiger partial charge on any atom is -0.494 e. The van der Waals surface area contributed by atoms with Crippen molar-refractivity contribution < 1.29 is 19.4 Å². The summed E-state index contributed by atoms with van der Waals surface area (Å²) in [6, 6.07) is 11.9. The number of halogens is 1. The number of nitrogens with two attached hydrogens (primary N) is 1. The van der Waals surface area contributed by atoms with Crippen molar-refractivity contribution in [2.75, 3.05) is 13.7 Å². The number of esters is 1. The number of nitriles is 1. The summed E-state index contributed by atoms with van der Waals surface area (Å²) >= 11 is 6.08. The van der Waals surface area contributed by atoms with Gasteiger partial charge < -0.3 is 20.3 Å². The van der Waals surface area contributed by atoms with Gasteiger partial charge in [0.15, 0.2) is 0 Å². The van der Waals surface area contributed by atoms with Gasteiger partial charge >= 0.3 is 5.97 Å². The Morgan fingerprint density at radius 1 is 1.27 bits per heavy atom. The summed E-state index contributed by atoms with van der Waals surface area (Å²) in [6.45, 7) is 7.31. The Labute approximate surface area is 199 Å². The number of ether oxygens (including phenoxy) is 2. The molecule has 2 aromatic carbocycles. The van der Waals surface area contributed by atoms with E-state index < -0.39 is 12.1 Å². The average molecular weight is 470 g/mol. The first-order valence-electron chi connectivity index (χ1n) is 10.4. The van der Waals surface area contributed by atoms with Crippen LogP contribution in [0.25, 0.3) is 0 Å². The molecular weight excluding hydrogens is 442 g/mol. The second kappa shape index (κ2) is 11.5. The summed E-state index contributed by atoms with van der Waals surface area (Å²) in [4.78, 5) is 17.3. The van der Waals surface area contributed by atoms with Gasteiger partial charge in [-0.2, -0.15) is 5.26 Å². The number of benzene rings is 2. The third-order valence-corrected chi connectivity index (χ3v) is 5.19. The lowest BCUT2D eigenvalue weighted by atomic mass is 9.88. The van der Waals surface area contributed by atoms with Crippen LogP contribution < -0.4 is 10.5 Å². The van der Waals surface area contributed by atoms with E-state index in [9.17, 15) is 15.2 Å². The van der Waals surface area contributed by atoms with Crippen LogP contribution in [0.1, 0.15) is 43.6 Å². The summed E-state index contributed by atoms with van der Waals surface area (Å²) < 4.78 is 10.5. The third kappa shape index (κ3) is 6.13. The monoisotopic (exact) mass is 469 g/mol. The highest BCUT2D eigenvalue weighted by Gasteiger charge is 2.29. The Bertz CT molecular complexity index is 1130. The molecule has 1 atom stereocenters. The summed E-state index contributed by atoms with van der Waals surface area (Å²) in [7, 11) is 1.49. The molecule has 0 spiro atoms. The minimum atomic E-state index is -1.28. The van der Waals surface area contributed by atoms with Gasteiger partial charge in [-0.3, -0.25) is 0 Å². The van der Waals surface area contributed by atoms with E-state index in [0.717, 1.165) is 5.56 Å². The van der Waals surface area contributed by atoms with Crippen molar-refractivity contribution in [2.45, 2.75) is 33.8 Å². The minimum absolute atomic E-state index is 0.120. The van der Waals surface area contributed by atoms with Crippen LogP contribution in [0.4, 0.5) is 5.69 Å². The van der Waals surface area contributed by atoms with E-state index in [-0.39, 0.29) is 23.8 Å². The number of aliphatic hydroxyl groups is 1. The number of aryl methyl sites for hydroxylation is 1. The number of rotatable bonds is 8.